The van der Waals surface area contributed by atoms with Crippen molar-refractivity contribution in [1.82, 2.24) is 0 Å². The summed E-state index contributed by atoms with van der Waals surface area (Å²) in [5.41, 5.74) is 0.554. The molecule has 0 saturated carbocycles. The van der Waals surface area contributed by atoms with Crippen LogP contribution in [0.1, 0.15) is 49.9 Å². The van der Waals surface area contributed by atoms with Gasteiger partial charge in [-0.1, -0.05) is 87.7 Å². The second-order valence-corrected chi connectivity index (χ2v) is 11.1. The Morgan fingerprint density at radius 2 is 0.860 bits per heavy atom. The van der Waals surface area contributed by atoms with Gasteiger partial charge in [0.15, 0.2) is 0 Å². The van der Waals surface area contributed by atoms with Crippen LogP contribution in [0.15, 0.2) is 121 Å². The number of halogens is 4. The van der Waals surface area contributed by atoms with E-state index in [9.17, 15) is 9.59 Å². The minimum Gasteiger partial charge on any atom is -0.457 e. The SMILES string of the molecule is C=C(C)C(=O)OCc1ccc(C(F)(F)Oc2ccc(OC(F)(F)c3ccc(COC(=O)C(=C)C)c4ccccc34)cc2)c2ccccc12.CC. The molecule has 0 saturated heterocycles. The fourth-order valence-corrected chi connectivity index (χ4v) is 5.00. The van der Waals surface area contributed by atoms with E-state index in [0.717, 1.165) is 24.3 Å². The first kappa shape index (κ1) is 37.2. The molecule has 50 heavy (non-hydrogen) atoms. The maximum atomic E-state index is 15.5. The number of hydrogen-bond donors (Lipinski definition) is 0. The molecule has 0 atom stereocenters. The molecule has 0 aromatic heterocycles. The molecule has 0 aliphatic rings. The molecule has 10 heteroatoms. The molecular weight excluding hydrogens is 652 g/mol. The third-order valence-electron chi connectivity index (χ3n) is 7.39. The first-order valence-electron chi connectivity index (χ1n) is 15.7. The molecule has 5 aromatic rings. The lowest BCUT2D eigenvalue weighted by Gasteiger charge is -2.22. The van der Waals surface area contributed by atoms with E-state index in [-0.39, 0.29) is 46.6 Å². The molecule has 0 aliphatic carbocycles. The summed E-state index contributed by atoms with van der Waals surface area (Å²) < 4.78 is 82.6. The van der Waals surface area contributed by atoms with Gasteiger partial charge in [-0.2, -0.15) is 17.6 Å². The molecule has 0 spiro atoms. The summed E-state index contributed by atoms with van der Waals surface area (Å²) in [7, 11) is 0. The predicted molar refractivity (Wildman–Crippen MR) is 184 cm³/mol. The zero-order valence-corrected chi connectivity index (χ0v) is 28.0. The largest absolute Gasteiger partial charge is 0.457 e. The lowest BCUT2D eigenvalue weighted by atomic mass is 9.99. The number of alkyl halides is 4. The summed E-state index contributed by atoms with van der Waals surface area (Å²) in [6.45, 7) is 13.8. The van der Waals surface area contributed by atoms with Crippen molar-refractivity contribution in [2.24, 2.45) is 0 Å². The summed E-state index contributed by atoms with van der Waals surface area (Å²) >= 11 is 0. The van der Waals surface area contributed by atoms with Crippen molar-refractivity contribution in [3.63, 3.8) is 0 Å². The Morgan fingerprint density at radius 1 is 0.540 bits per heavy atom. The van der Waals surface area contributed by atoms with Crippen molar-refractivity contribution < 1.29 is 46.1 Å². The molecule has 0 bridgehead atoms. The smallest absolute Gasteiger partial charge is 0.427 e. The topological polar surface area (TPSA) is 71.1 Å². The van der Waals surface area contributed by atoms with E-state index in [4.69, 9.17) is 18.9 Å². The Balaban J connectivity index is 0.00000276. The molecule has 0 fully saturated rings. The summed E-state index contributed by atoms with van der Waals surface area (Å²) in [6.07, 6.45) is -7.64. The van der Waals surface area contributed by atoms with Gasteiger partial charge in [-0.25, -0.2) is 9.59 Å². The van der Waals surface area contributed by atoms with Gasteiger partial charge in [-0.15, -0.1) is 0 Å². The van der Waals surface area contributed by atoms with Crippen LogP contribution in [0.25, 0.3) is 21.5 Å². The fourth-order valence-electron chi connectivity index (χ4n) is 5.00. The van der Waals surface area contributed by atoms with Gasteiger partial charge >= 0.3 is 24.2 Å². The minimum absolute atomic E-state index is 0.143. The molecule has 0 aliphatic heterocycles. The Hall–Kier alpha value is -5.64. The molecule has 260 valence electrons. The highest BCUT2D eigenvalue weighted by atomic mass is 19.3. The highest BCUT2D eigenvalue weighted by molar-refractivity contribution is 5.91. The van der Waals surface area contributed by atoms with Crippen LogP contribution in [0.4, 0.5) is 17.6 Å². The Labute approximate surface area is 287 Å². The van der Waals surface area contributed by atoms with E-state index in [1.165, 1.54) is 50.2 Å². The molecule has 5 rings (SSSR count). The number of benzene rings is 5. The van der Waals surface area contributed by atoms with E-state index < -0.39 is 35.3 Å². The van der Waals surface area contributed by atoms with E-state index in [1.807, 2.05) is 13.8 Å². The molecule has 0 amide bonds. The van der Waals surface area contributed by atoms with E-state index >= 15 is 17.6 Å². The summed E-state index contributed by atoms with van der Waals surface area (Å²) in [6, 6.07) is 22.4. The molecule has 0 N–H and O–H groups in total. The van der Waals surface area contributed by atoms with Gasteiger partial charge in [0.1, 0.15) is 24.7 Å². The average Bonchev–Trinajstić information content (AvgIpc) is 3.10. The summed E-state index contributed by atoms with van der Waals surface area (Å²) in [5, 5.41) is 1.23. The van der Waals surface area contributed by atoms with Crippen LogP contribution in [0.2, 0.25) is 0 Å². The number of hydrogen-bond acceptors (Lipinski definition) is 6. The standard InChI is InChI=1S/C38H30F4O6.C2H6/c1-23(2)35(43)45-21-25-13-19-33(31-11-7-5-9-29(25)31)37(39,40)47-27-15-17-28(18-16-27)48-38(41,42)34-20-14-26(22-46-36(44)24(3)4)30-10-6-8-12-32(30)34;1-2/h5-20H,1,3,21-22H2,2,4H3;1-2H3. The van der Waals surface area contributed by atoms with E-state index in [0.29, 0.717) is 21.9 Å². The van der Waals surface area contributed by atoms with Crippen LogP contribution in [-0.4, -0.2) is 11.9 Å². The zero-order chi connectivity index (χ0) is 36.6. The van der Waals surface area contributed by atoms with Crippen molar-refractivity contribution in [1.29, 1.82) is 0 Å². The van der Waals surface area contributed by atoms with E-state index in [1.54, 1.807) is 36.4 Å². The third-order valence-corrected chi connectivity index (χ3v) is 7.39. The van der Waals surface area contributed by atoms with Gasteiger partial charge in [-0.3, -0.25) is 0 Å². The molecule has 0 unspecified atom stereocenters. The molecular formula is C40H36F4O6. The monoisotopic (exact) mass is 688 g/mol. The molecule has 6 nitrogen and oxygen atoms in total. The second kappa shape index (κ2) is 15.7. The lowest BCUT2D eigenvalue weighted by molar-refractivity contribution is -0.186. The van der Waals surface area contributed by atoms with Gasteiger partial charge in [0.25, 0.3) is 0 Å². The van der Waals surface area contributed by atoms with Crippen molar-refractivity contribution in [3.8, 4) is 11.5 Å². The van der Waals surface area contributed by atoms with Crippen molar-refractivity contribution >= 4 is 33.5 Å². The van der Waals surface area contributed by atoms with Crippen LogP contribution in [0.3, 0.4) is 0 Å². The highest BCUT2D eigenvalue weighted by Gasteiger charge is 2.38. The van der Waals surface area contributed by atoms with Gasteiger partial charge in [0, 0.05) is 11.1 Å². The first-order chi connectivity index (χ1) is 23.8. The van der Waals surface area contributed by atoms with Crippen LogP contribution < -0.4 is 9.47 Å². The van der Waals surface area contributed by atoms with Crippen LogP contribution in [-0.2, 0) is 44.5 Å². The fraction of sp³-hybridized carbons (Fsp3) is 0.200. The third kappa shape index (κ3) is 8.49. The Morgan fingerprint density at radius 3 is 1.18 bits per heavy atom. The van der Waals surface area contributed by atoms with Crippen LogP contribution in [0.5, 0.6) is 11.5 Å². The number of fused-ring (bicyclic) bond motifs is 2. The minimum atomic E-state index is -3.82. The maximum absolute atomic E-state index is 15.5. The number of ether oxygens (including phenoxy) is 4. The molecule has 0 radical (unpaired) electrons. The maximum Gasteiger partial charge on any atom is 0.427 e. The Kier molecular flexibility index (Phi) is 11.7. The normalized spacial score (nSPS) is 11.3. The number of carbonyl (C=O) groups is 2. The number of carbonyl (C=O) groups excluding carboxylic acids is 2. The number of rotatable bonds is 12. The quantitative estimate of drug-likeness (QED) is 0.0738. The predicted octanol–water partition coefficient (Wildman–Crippen LogP) is 10.5. The average molecular weight is 689 g/mol. The van der Waals surface area contributed by atoms with Gasteiger partial charge < -0.3 is 18.9 Å². The first-order valence-corrected chi connectivity index (χ1v) is 15.7. The highest BCUT2D eigenvalue weighted by Crippen LogP contribution is 2.40. The Bertz CT molecular complexity index is 1890. The van der Waals surface area contributed by atoms with Crippen molar-refractivity contribution in [3.05, 3.63) is 144 Å². The molecule has 0 heterocycles. The summed E-state index contributed by atoms with van der Waals surface area (Å²) in [5.74, 6) is -1.80. The van der Waals surface area contributed by atoms with Crippen molar-refractivity contribution in [2.75, 3.05) is 0 Å². The van der Waals surface area contributed by atoms with Crippen LogP contribution >= 0.6 is 0 Å². The number of esters is 2. The second-order valence-electron chi connectivity index (χ2n) is 11.1. The van der Waals surface area contributed by atoms with E-state index in [2.05, 4.69) is 13.2 Å². The van der Waals surface area contributed by atoms with Gasteiger partial charge in [0.2, 0.25) is 0 Å². The molecule has 5 aromatic carbocycles. The van der Waals surface area contributed by atoms with Crippen LogP contribution in [0, 0.1) is 0 Å². The van der Waals surface area contributed by atoms with Crippen molar-refractivity contribution in [2.45, 2.75) is 53.1 Å². The lowest BCUT2D eigenvalue weighted by Crippen LogP contribution is -2.23. The summed E-state index contributed by atoms with van der Waals surface area (Å²) in [4.78, 5) is 23.7. The van der Waals surface area contributed by atoms with Gasteiger partial charge in [0.05, 0.1) is 11.1 Å². The van der Waals surface area contributed by atoms with Gasteiger partial charge in [-0.05, 0) is 82.9 Å². The zero-order valence-electron chi connectivity index (χ0n) is 28.0.